The van der Waals surface area contributed by atoms with Gasteiger partial charge in [0.25, 0.3) is 0 Å². The Kier molecular flexibility index (Phi) is 6.05. The zero-order valence-electron chi connectivity index (χ0n) is 13.0. The van der Waals surface area contributed by atoms with Crippen LogP contribution in [0, 0.1) is 0 Å². The number of halogens is 1. The van der Waals surface area contributed by atoms with E-state index in [0.29, 0.717) is 6.04 Å². The molecule has 2 heterocycles. The first-order valence-corrected chi connectivity index (χ1v) is 8.61. The quantitative estimate of drug-likeness (QED) is 0.862. The van der Waals surface area contributed by atoms with E-state index in [-0.39, 0.29) is 0 Å². The molecule has 0 amide bonds. The molecule has 0 radical (unpaired) electrons. The van der Waals surface area contributed by atoms with Gasteiger partial charge in [-0.2, -0.15) is 5.10 Å². The number of aryl methyl sites for hydroxylation is 2. The minimum atomic E-state index is 0.663. The zero-order chi connectivity index (χ0) is 14.5. The predicted octanol–water partition coefficient (Wildman–Crippen LogP) is 2.71. The zero-order valence-corrected chi connectivity index (χ0v) is 14.5. The van der Waals surface area contributed by atoms with Gasteiger partial charge in [0.1, 0.15) is 0 Å². The molecule has 1 atom stereocenters. The SMILES string of the molecule is CCCN(Cc1c(Br)c(CC)nn1C)C1CCCNC1. The number of hydrogen-bond donors (Lipinski definition) is 1. The fourth-order valence-corrected chi connectivity index (χ4v) is 3.75. The molecule has 0 aromatic carbocycles. The highest BCUT2D eigenvalue weighted by molar-refractivity contribution is 9.10. The molecule has 0 spiro atoms. The lowest BCUT2D eigenvalue weighted by Crippen LogP contribution is -2.46. The minimum absolute atomic E-state index is 0.663. The summed E-state index contributed by atoms with van der Waals surface area (Å²) in [7, 11) is 2.06. The summed E-state index contributed by atoms with van der Waals surface area (Å²) < 4.78 is 3.24. The highest BCUT2D eigenvalue weighted by atomic mass is 79.9. The molecule has 1 aromatic heterocycles. The molecule has 1 unspecified atom stereocenters. The molecule has 0 aliphatic carbocycles. The highest BCUT2D eigenvalue weighted by Crippen LogP contribution is 2.24. The number of piperidine rings is 1. The van der Waals surface area contributed by atoms with Crippen LogP contribution in [0.4, 0.5) is 0 Å². The van der Waals surface area contributed by atoms with Crippen LogP contribution in [-0.2, 0) is 20.0 Å². The fraction of sp³-hybridized carbons (Fsp3) is 0.800. The van der Waals surface area contributed by atoms with Gasteiger partial charge in [-0.25, -0.2) is 0 Å². The van der Waals surface area contributed by atoms with Crippen LogP contribution in [0.5, 0.6) is 0 Å². The van der Waals surface area contributed by atoms with Gasteiger partial charge in [0, 0.05) is 26.2 Å². The first-order valence-electron chi connectivity index (χ1n) is 7.82. The maximum Gasteiger partial charge on any atom is 0.0767 e. The van der Waals surface area contributed by atoms with E-state index in [1.165, 1.54) is 41.7 Å². The molecule has 1 fully saturated rings. The third-order valence-corrected chi connectivity index (χ3v) is 5.07. The van der Waals surface area contributed by atoms with E-state index in [4.69, 9.17) is 0 Å². The third kappa shape index (κ3) is 3.62. The second kappa shape index (κ2) is 7.57. The first kappa shape index (κ1) is 16.0. The van der Waals surface area contributed by atoms with E-state index >= 15 is 0 Å². The van der Waals surface area contributed by atoms with Gasteiger partial charge in [-0.3, -0.25) is 9.58 Å². The normalized spacial score (nSPS) is 19.8. The Bertz CT molecular complexity index is 424. The molecule has 20 heavy (non-hydrogen) atoms. The molecular formula is C15H27BrN4. The average Bonchev–Trinajstić information content (AvgIpc) is 2.75. The van der Waals surface area contributed by atoms with Gasteiger partial charge in [0.2, 0.25) is 0 Å². The monoisotopic (exact) mass is 342 g/mol. The maximum atomic E-state index is 4.61. The van der Waals surface area contributed by atoms with Crippen molar-refractivity contribution in [3.05, 3.63) is 15.9 Å². The molecule has 1 N–H and O–H groups in total. The lowest BCUT2D eigenvalue weighted by Gasteiger charge is -2.34. The number of nitrogens with one attached hydrogen (secondary N) is 1. The summed E-state index contributed by atoms with van der Waals surface area (Å²) >= 11 is 3.74. The highest BCUT2D eigenvalue weighted by Gasteiger charge is 2.23. The van der Waals surface area contributed by atoms with Crippen molar-refractivity contribution in [1.82, 2.24) is 20.0 Å². The maximum absolute atomic E-state index is 4.61. The van der Waals surface area contributed by atoms with E-state index in [0.717, 1.165) is 26.1 Å². The number of nitrogens with zero attached hydrogens (tertiary/aromatic N) is 3. The molecule has 0 saturated carbocycles. The largest absolute Gasteiger partial charge is 0.315 e. The fourth-order valence-electron chi connectivity index (χ4n) is 3.01. The molecule has 1 aliphatic heterocycles. The van der Waals surface area contributed by atoms with E-state index in [1.807, 2.05) is 4.68 Å². The molecule has 2 rings (SSSR count). The van der Waals surface area contributed by atoms with Crippen LogP contribution in [0.25, 0.3) is 0 Å². The van der Waals surface area contributed by atoms with Gasteiger partial charge in [-0.1, -0.05) is 13.8 Å². The second-order valence-electron chi connectivity index (χ2n) is 5.66. The Balaban J connectivity index is 2.12. The minimum Gasteiger partial charge on any atom is -0.315 e. The predicted molar refractivity (Wildman–Crippen MR) is 86.9 cm³/mol. The van der Waals surface area contributed by atoms with Crippen LogP contribution in [0.1, 0.15) is 44.5 Å². The smallest absolute Gasteiger partial charge is 0.0767 e. The molecule has 1 aliphatic rings. The van der Waals surface area contributed by atoms with Crippen molar-refractivity contribution in [2.24, 2.45) is 7.05 Å². The van der Waals surface area contributed by atoms with Crippen molar-refractivity contribution < 1.29 is 0 Å². The van der Waals surface area contributed by atoms with Crippen molar-refractivity contribution in [3.8, 4) is 0 Å². The van der Waals surface area contributed by atoms with Crippen molar-refractivity contribution in [1.29, 1.82) is 0 Å². The van der Waals surface area contributed by atoms with E-state index in [2.05, 4.69) is 52.1 Å². The molecule has 1 saturated heterocycles. The lowest BCUT2D eigenvalue weighted by molar-refractivity contribution is 0.154. The molecule has 4 nitrogen and oxygen atoms in total. The Morgan fingerprint density at radius 1 is 1.45 bits per heavy atom. The summed E-state index contributed by atoms with van der Waals surface area (Å²) in [6.07, 6.45) is 4.78. The van der Waals surface area contributed by atoms with Gasteiger partial charge in [-0.15, -0.1) is 0 Å². The van der Waals surface area contributed by atoms with Crippen LogP contribution >= 0.6 is 15.9 Å². The number of aromatic nitrogens is 2. The van der Waals surface area contributed by atoms with E-state index < -0.39 is 0 Å². The molecule has 1 aromatic rings. The molecule has 5 heteroatoms. The number of hydrogen-bond acceptors (Lipinski definition) is 3. The van der Waals surface area contributed by atoms with Gasteiger partial charge in [-0.05, 0) is 54.7 Å². The summed E-state index contributed by atoms with van der Waals surface area (Å²) in [5.74, 6) is 0. The van der Waals surface area contributed by atoms with Crippen molar-refractivity contribution in [2.45, 2.75) is 52.1 Å². The molecule has 0 bridgehead atoms. The molecular weight excluding hydrogens is 316 g/mol. The van der Waals surface area contributed by atoms with Gasteiger partial charge in [0.15, 0.2) is 0 Å². The Labute approximate surface area is 131 Å². The van der Waals surface area contributed by atoms with E-state index in [1.54, 1.807) is 0 Å². The van der Waals surface area contributed by atoms with Crippen LogP contribution in [0.15, 0.2) is 4.47 Å². The van der Waals surface area contributed by atoms with Crippen molar-refractivity contribution in [3.63, 3.8) is 0 Å². The summed E-state index contributed by atoms with van der Waals surface area (Å²) in [5, 5.41) is 8.14. The second-order valence-corrected chi connectivity index (χ2v) is 6.45. The topological polar surface area (TPSA) is 33.1 Å². The summed E-state index contributed by atoms with van der Waals surface area (Å²) in [4.78, 5) is 2.62. The van der Waals surface area contributed by atoms with E-state index in [9.17, 15) is 0 Å². The van der Waals surface area contributed by atoms with Crippen LogP contribution in [-0.4, -0.2) is 40.4 Å². The summed E-state index contributed by atoms with van der Waals surface area (Å²) in [6.45, 7) is 8.86. The van der Waals surface area contributed by atoms with Gasteiger partial charge in [0.05, 0.1) is 15.9 Å². The van der Waals surface area contributed by atoms with Crippen LogP contribution < -0.4 is 5.32 Å². The summed E-state index contributed by atoms with van der Waals surface area (Å²) in [6, 6.07) is 0.663. The Morgan fingerprint density at radius 2 is 2.25 bits per heavy atom. The van der Waals surface area contributed by atoms with Gasteiger partial charge >= 0.3 is 0 Å². The first-order chi connectivity index (χ1) is 9.67. The standard InChI is InChI=1S/C15H27BrN4/c1-4-9-20(12-7-6-8-17-10-12)11-14-15(16)13(5-2)18-19(14)3/h12,17H,4-11H2,1-3H3. The van der Waals surface area contributed by atoms with Gasteiger partial charge < -0.3 is 5.32 Å². The van der Waals surface area contributed by atoms with Crippen LogP contribution in [0.2, 0.25) is 0 Å². The Hall–Kier alpha value is -0.390. The van der Waals surface area contributed by atoms with Crippen molar-refractivity contribution >= 4 is 15.9 Å². The van der Waals surface area contributed by atoms with Crippen LogP contribution in [0.3, 0.4) is 0 Å². The lowest BCUT2D eigenvalue weighted by atomic mass is 10.1. The average molecular weight is 343 g/mol. The molecule has 114 valence electrons. The third-order valence-electron chi connectivity index (χ3n) is 4.15. The van der Waals surface area contributed by atoms with Crippen molar-refractivity contribution in [2.75, 3.05) is 19.6 Å². The number of rotatable bonds is 6. The summed E-state index contributed by atoms with van der Waals surface area (Å²) in [5.41, 5.74) is 2.47. The Morgan fingerprint density at radius 3 is 2.80 bits per heavy atom.